The van der Waals surface area contributed by atoms with Crippen LogP contribution in [0.25, 0.3) is 0 Å². The summed E-state index contributed by atoms with van der Waals surface area (Å²) in [6.07, 6.45) is 1.99. The van der Waals surface area contributed by atoms with E-state index in [4.69, 9.17) is 10.9 Å². The van der Waals surface area contributed by atoms with Gasteiger partial charge in [-0.3, -0.25) is 0 Å². The molecular formula is C14H18N4O2S. The maximum Gasteiger partial charge on any atom is 0.239 e. The van der Waals surface area contributed by atoms with Gasteiger partial charge in [-0.05, 0) is 24.1 Å². The molecule has 112 valence electrons. The lowest BCUT2D eigenvalue weighted by atomic mass is 10.1. The minimum absolute atomic E-state index is 0.0135. The number of pyridine rings is 1. The topological polar surface area (TPSA) is 111 Å². The van der Waals surface area contributed by atoms with Crippen LogP contribution >= 0.6 is 0 Å². The fourth-order valence-electron chi connectivity index (χ4n) is 1.94. The molecule has 6 nitrogen and oxygen atoms in total. The van der Waals surface area contributed by atoms with E-state index in [0.717, 1.165) is 6.42 Å². The molecule has 0 radical (unpaired) electrons. The number of rotatable bonds is 6. The molecule has 5 N–H and O–H groups in total. The molecule has 1 heterocycles. The second kappa shape index (κ2) is 6.66. The summed E-state index contributed by atoms with van der Waals surface area (Å²) in [4.78, 5) is 4.04. The number of sulfonamides is 1. The molecule has 0 saturated carbocycles. The van der Waals surface area contributed by atoms with Crippen LogP contribution in [0.15, 0.2) is 53.6 Å². The highest BCUT2D eigenvalue weighted by Crippen LogP contribution is 2.11. The summed E-state index contributed by atoms with van der Waals surface area (Å²) in [5.74, 6) is 0.564. The van der Waals surface area contributed by atoms with E-state index in [2.05, 4.69) is 10.3 Å². The lowest BCUT2D eigenvalue weighted by molar-refractivity contribution is 0.597. The molecule has 0 aliphatic carbocycles. The van der Waals surface area contributed by atoms with Gasteiger partial charge in [-0.25, -0.2) is 18.5 Å². The number of anilines is 1. The van der Waals surface area contributed by atoms with Crippen LogP contribution in [0.1, 0.15) is 5.56 Å². The quantitative estimate of drug-likeness (QED) is 0.728. The molecule has 21 heavy (non-hydrogen) atoms. The third-order valence-electron chi connectivity index (χ3n) is 3.03. The summed E-state index contributed by atoms with van der Waals surface area (Å²) in [5, 5.41) is 8.21. The second-order valence-corrected chi connectivity index (χ2v) is 6.25. The Balaban J connectivity index is 2.05. The first kappa shape index (κ1) is 15.4. The first-order valence-corrected chi connectivity index (χ1v) is 8.03. The molecule has 0 fully saturated rings. The van der Waals surface area contributed by atoms with E-state index in [9.17, 15) is 8.42 Å². The monoisotopic (exact) mass is 306 g/mol. The Morgan fingerprint density at radius 1 is 1.14 bits per heavy atom. The van der Waals surface area contributed by atoms with Crippen LogP contribution in [-0.4, -0.2) is 26.0 Å². The maximum absolute atomic E-state index is 11.2. The van der Waals surface area contributed by atoms with Crippen molar-refractivity contribution < 1.29 is 8.42 Å². The second-order valence-electron chi connectivity index (χ2n) is 4.69. The van der Waals surface area contributed by atoms with E-state index in [1.807, 2.05) is 30.3 Å². The van der Waals surface area contributed by atoms with E-state index in [1.165, 1.54) is 17.8 Å². The smallest absolute Gasteiger partial charge is 0.239 e. The van der Waals surface area contributed by atoms with E-state index in [0.29, 0.717) is 12.4 Å². The van der Waals surface area contributed by atoms with Crippen molar-refractivity contribution in [3.63, 3.8) is 0 Å². The highest BCUT2D eigenvalue weighted by Gasteiger charge is 2.11. The van der Waals surface area contributed by atoms with Crippen molar-refractivity contribution in [2.24, 2.45) is 10.9 Å². The van der Waals surface area contributed by atoms with E-state index < -0.39 is 10.0 Å². The Morgan fingerprint density at radius 2 is 1.86 bits per heavy atom. The maximum atomic E-state index is 11.2. The first-order valence-electron chi connectivity index (χ1n) is 6.48. The minimum Gasteiger partial charge on any atom is -0.366 e. The van der Waals surface area contributed by atoms with Gasteiger partial charge in [0.05, 0.1) is 0 Å². The summed E-state index contributed by atoms with van der Waals surface area (Å²) < 4.78 is 22.3. The van der Waals surface area contributed by atoms with Gasteiger partial charge in [0.25, 0.3) is 0 Å². The molecular weight excluding hydrogens is 288 g/mol. The van der Waals surface area contributed by atoms with Gasteiger partial charge < -0.3 is 11.1 Å². The normalized spacial score (nSPS) is 12.9. The van der Waals surface area contributed by atoms with Crippen LogP contribution < -0.4 is 16.2 Å². The molecule has 1 unspecified atom stereocenters. The van der Waals surface area contributed by atoms with Crippen molar-refractivity contribution in [1.29, 1.82) is 0 Å². The lowest BCUT2D eigenvalue weighted by Gasteiger charge is -2.17. The van der Waals surface area contributed by atoms with Crippen LogP contribution in [0, 0.1) is 0 Å². The fourth-order valence-corrected chi connectivity index (χ4v) is 2.39. The molecule has 2 aromatic rings. The van der Waals surface area contributed by atoms with Crippen molar-refractivity contribution >= 4 is 15.8 Å². The van der Waals surface area contributed by atoms with E-state index in [1.54, 1.807) is 6.07 Å². The van der Waals surface area contributed by atoms with Gasteiger partial charge in [0, 0.05) is 18.8 Å². The molecule has 1 aromatic carbocycles. The number of primary sulfonamides is 1. The molecule has 1 atom stereocenters. The summed E-state index contributed by atoms with van der Waals surface area (Å²) >= 11 is 0. The van der Waals surface area contributed by atoms with Crippen molar-refractivity contribution in [1.82, 2.24) is 4.98 Å². The van der Waals surface area contributed by atoms with Crippen molar-refractivity contribution in [3.05, 3.63) is 54.2 Å². The van der Waals surface area contributed by atoms with Crippen LogP contribution in [0.2, 0.25) is 0 Å². The molecule has 0 bridgehead atoms. The SMILES string of the molecule is NCC(Cc1ccccc1)Nc1ccc(S(N)(=O)=O)cn1. The van der Waals surface area contributed by atoms with Gasteiger partial charge in [-0.1, -0.05) is 30.3 Å². The highest BCUT2D eigenvalue weighted by molar-refractivity contribution is 7.89. The number of hydrogen-bond donors (Lipinski definition) is 3. The number of nitrogens with one attached hydrogen (secondary N) is 1. The zero-order valence-corrected chi connectivity index (χ0v) is 12.3. The van der Waals surface area contributed by atoms with E-state index in [-0.39, 0.29) is 10.9 Å². The summed E-state index contributed by atoms with van der Waals surface area (Å²) in [6, 6.07) is 13.0. The minimum atomic E-state index is -3.72. The summed E-state index contributed by atoms with van der Waals surface area (Å²) in [7, 11) is -3.72. The lowest BCUT2D eigenvalue weighted by Crippen LogP contribution is -2.31. The largest absolute Gasteiger partial charge is 0.366 e. The fraction of sp³-hybridized carbons (Fsp3) is 0.214. The molecule has 1 aromatic heterocycles. The molecule has 7 heteroatoms. The molecule has 0 amide bonds. The Bertz CT molecular complexity index is 672. The van der Waals surface area contributed by atoms with Crippen LogP contribution in [-0.2, 0) is 16.4 Å². The Morgan fingerprint density at radius 3 is 2.38 bits per heavy atom. The summed E-state index contributed by atoms with van der Waals surface area (Å²) in [5.41, 5.74) is 6.93. The zero-order chi connectivity index (χ0) is 15.3. The van der Waals surface area contributed by atoms with Crippen LogP contribution in [0.4, 0.5) is 5.82 Å². The average molecular weight is 306 g/mol. The third kappa shape index (κ3) is 4.52. The average Bonchev–Trinajstić information content (AvgIpc) is 2.47. The Kier molecular flexibility index (Phi) is 4.89. The van der Waals surface area contributed by atoms with Crippen molar-refractivity contribution in [2.75, 3.05) is 11.9 Å². The van der Waals surface area contributed by atoms with Gasteiger partial charge in [-0.2, -0.15) is 0 Å². The Hall–Kier alpha value is -1.96. The van der Waals surface area contributed by atoms with Gasteiger partial charge in [-0.15, -0.1) is 0 Å². The third-order valence-corrected chi connectivity index (χ3v) is 3.92. The van der Waals surface area contributed by atoms with Crippen molar-refractivity contribution in [2.45, 2.75) is 17.4 Å². The highest BCUT2D eigenvalue weighted by atomic mass is 32.2. The number of hydrogen-bond acceptors (Lipinski definition) is 5. The van der Waals surface area contributed by atoms with Gasteiger partial charge >= 0.3 is 0 Å². The zero-order valence-electron chi connectivity index (χ0n) is 11.4. The predicted octanol–water partition coefficient (Wildman–Crippen LogP) is 0.711. The van der Waals surface area contributed by atoms with Crippen LogP contribution in [0.3, 0.4) is 0 Å². The molecule has 2 rings (SSSR count). The molecule has 0 aliphatic rings. The number of nitrogens with two attached hydrogens (primary N) is 2. The number of aromatic nitrogens is 1. The Labute approximate surface area is 124 Å². The van der Waals surface area contributed by atoms with Crippen LogP contribution in [0.5, 0.6) is 0 Å². The number of benzene rings is 1. The van der Waals surface area contributed by atoms with E-state index >= 15 is 0 Å². The van der Waals surface area contributed by atoms with Gasteiger partial charge in [0.2, 0.25) is 10.0 Å². The number of nitrogens with zero attached hydrogens (tertiary/aromatic N) is 1. The molecule has 0 aliphatic heterocycles. The molecule has 0 spiro atoms. The van der Waals surface area contributed by atoms with Crippen molar-refractivity contribution in [3.8, 4) is 0 Å². The summed E-state index contributed by atoms with van der Waals surface area (Å²) in [6.45, 7) is 0.438. The molecule has 0 saturated heterocycles. The first-order chi connectivity index (χ1) is 9.99. The van der Waals surface area contributed by atoms with Gasteiger partial charge in [0.15, 0.2) is 0 Å². The predicted molar refractivity (Wildman–Crippen MR) is 82.2 cm³/mol. The van der Waals surface area contributed by atoms with Gasteiger partial charge in [0.1, 0.15) is 10.7 Å². The standard InChI is InChI=1S/C14H18N4O2S/c15-9-12(8-11-4-2-1-3-5-11)18-14-7-6-13(10-17-14)21(16,19)20/h1-7,10,12H,8-9,15H2,(H,17,18)(H2,16,19,20).